The van der Waals surface area contributed by atoms with Crippen LogP contribution < -0.4 is 5.32 Å². The van der Waals surface area contributed by atoms with Crippen molar-refractivity contribution in [3.63, 3.8) is 0 Å². The van der Waals surface area contributed by atoms with Crippen LogP contribution in [0.15, 0.2) is 0 Å². The maximum absolute atomic E-state index is 3.59. The minimum Gasteiger partial charge on any atom is -0.314 e. The maximum atomic E-state index is 3.59. The molecule has 0 bridgehead atoms. The van der Waals surface area contributed by atoms with E-state index in [9.17, 15) is 0 Å². The predicted octanol–water partition coefficient (Wildman–Crippen LogP) is 4.30. The van der Waals surface area contributed by atoms with Gasteiger partial charge in [0.1, 0.15) is 0 Å². The lowest BCUT2D eigenvalue weighted by molar-refractivity contribution is 0.207. The van der Waals surface area contributed by atoms with Crippen LogP contribution in [0.4, 0.5) is 0 Å². The average Bonchev–Trinajstić information content (AvgIpc) is 2.61. The summed E-state index contributed by atoms with van der Waals surface area (Å²) in [4.78, 5) is 2.71. The van der Waals surface area contributed by atoms with E-state index < -0.39 is 0 Å². The Hall–Kier alpha value is -0.0800. The molecule has 0 saturated carbocycles. The summed E-state index contributed by atoms with van der Waals surface area (Å²) in [5.74, 6) is 0.914. The van der Waals surface area contributed by atoms with Crippen molar-refractivity contribution in [1.29, 1.82) is 0 Å². The maximum Gasteiger partial charge on any atom is 0.00391 e. The van der Waals surface area contributed by atoms with E-state index in [1.165, 1.54) is 58.2 Å². The highest BCUT2D eigenvalue weighted by molar-refractivity contribution is 4.79. The van der Waals surface area contributed by atoms with E-state index in [-0.39, 0.29) is 0 Å². The second-order valence-electron chi connectivity index (χ2n) is 7.83. The molecule has 0 radical (unpaired) electrons. The van der Waals surface area contributed by atoms with Gasteiger partial charge in [-0.3, -0.25) is 0 Å². The molecule has 1 saturated heterocycles. The molecule has 1 rings (SSSR count). The van der Waals surface area contributed by atoms with Crippen molar-refractivity contribution in [2.24, 2.45) is 11.3 Å². The summed E-state index contributed by atoms with van der Waals surface area (Å²) in [7, 11) is 0. The van der Waals surface area contributed by atoms with E-state index in [0.29, 0.717) is 11.5 Å². The molecule has 0 aromatic heterocycles. The van der Waals surface area contributed by atoms with Gasteiger partial charge in [0.2, 0.25) is 0 Å². The Balaban J connectivity index is 2.19. The van der Waals surface area contributed by atoms with E-state index >= 15 is 0 Å². The van der Waals surface area contributed by atoms with Crippen molar-refractivity contribution < 1.29 is 0 Å². The molecule has 0 amide bonds. The molecule has 1 aliphatic rings. The summed E-state index contributed by atoms with van der Waals surface area (Å²) in [5.41, 5.74) is 0.495. The lowest BCUT2D eigenvalue weighted by Gasteiger charge is -2.29. The molecule has 0 spiro atoms. The minimum atomic E-state index is 0.495. The van der Waals surface area contributed by atoms with Gasteiger partial charge in [0.15, 0.2) is 0 Å². The van der Waals surface area contributed by atoms with E-state index in [1.807, 2.05) is 0 Å². The first-order valence-corrected chi connectivity index (χ1v) is 8.89. The van der Waals surface area contributed by atoms with E-state index in [4.69, 9.17) is 0 Å². The first kappa shape index (κ1) is 18.0. The van der Waals surface area contributed by atoms with Gasteiger partial charge in [-0.1, -0.05) is 27.7 Å². The van der Waals surface area contributed by atoms with E-state index in [0.717, 1.165) is 12.5 Å². The van der Waals surface area contributed by atoms with Gasteiger partial charge in [0.25, 0.3) is 0 Å². The molecule has 1 aliphatic heterocycles. The molecule has 0 aromatic rings. The van der Waals surface area contributed by atoms with Crippen molar-refractivity contribution in [1.82, 2.24) is 10.2 Å². The molecular weight excluding hydrogens is 244 g/mol. The molecule has 2 unspecified atom stereocenters. The van der Waals surface area contributed by atoms with Gasteiger partial charge < -0.3 is 10.2 Å². The van der Waals surface area contributed by atoms with Crippen LogP contribution in [-0.2, 0) is 0 Å². The van der Waals surface area contributed by atoms with Crippen LogP contribution in [0, 0.1) is 11.3 Å². The molecule has 1 fully saturated rings. The van der Waals surface area contributed by atoms with Crippen LogP contribution in [0.1, 0.15) is 73.1 Å². The van der Waals surface area contributed by atoms with Gasteiger partial charge in [0, 0.05) is 6.04 Å². The Bertz CT molecular complexity index is 244. The molecule has 1 heterocycles. The number of hydrogen-bond donors (Lipinski definition) is 1. The first-order chi connectivity index (χ1) is 9.43. The van der Waals surface area contributed by atoms with Crippen molar-refractivity contribution in [3.8, 4) is 0 Å². The molecule has 120 valence electrons. The first-order valence-electron chi connectivity index (χ1n) is 8.89. The highest BCUT2D eigenvalue weighted by Crippen LogP contribution is 2.34. The van der Waals surface area contributed by atoms with Gasteiger partial charge in [-0.15, -0.1) is 0 Å². The zero-order valence-electron chi connectivity index (χ0n) is 14.7. The van der Waals surface area contributed by atoms with Crippen LogP contribution in [0.3, 0.4) is 0 Å². The number of rotatable bonds is 7. The van der Waals surface area contributed by atoms with Crippen LogP contribution >= 0.6 is 0 Å². The van der Waals surface area contributed by atoms with Gasteiger partial charge >= 0.3 is 0 Å². The fourth-order valence-corrected chi connectivity index (χ4v) is 3.36. The predicted molar refractivity (Wildman–Crippen MR) is 90.2 cm³/mol. The summed E-state index contributed by atoms with van der Waals surface area (Å²) >= 11 is 0. The Morgan fingerprint density at radius 2 is 1.95 bits per heavy atom. The molecular formula is C18H38N2. The standard InChI is InChI=1S/C18H38N2/c1-6-12-19-16(2)9-7-13-20-14-8-10-17(11-15-20)18(3,4)5/h16-17,19H,6-15H2,1-5H3. The van der Waals surface area contributed by atoms with Crippen LogP contribution in [0.25, 0.3) is 0 Å². The van der Waals surface area contributed by atoms with Gasteiger partial charge in [0.05, 0.1) is 0 Å². The number of hydrogen-bond acceptors (Lipinski definition) is 2. The van der Waals surface area contributed by atoms with Gasteiger partial charge in [-0.2, -0.15) is 0 Å². The topological polar surface area (TPSA) is 15.3 Å². The highest BCUT2D eigenvalue weighted by atomic mass is 15.1. The van der Waals surface area contributed by atoms with E-state index in [1.54, 1.807) is 0 Å². The number of nitrogens with zero attached hydrogens (tertiary/aromatic N) is 1. The molecule has 1 N–H and O–H groups in total. The van der Waals surface area contributed by atoms with Crippen molar-refractivity contribution in [3.05, 3.63) is 0 Å². The molecule has 2 atom stereocenters. The number of nitrogens with one attached hydrogen (secondary N) is 1. The number of likely N-dealkylation sites (tertiary alicyclic amines) is 1. The molecule has 2 heteroatoms. The summed E-state index contributed by atoms with van der Waals surface area (Å²) in [6.45, 7) is 16.9. The Kier molecular flexibility index (Phi) is 8.13. The minimum absolute atomic E-state index is 0.495. The van der Waals surface area contributed by atoms with Crippen LogP contribution in [-0.4, -0.2) is 37.1 Å². The van der Waals surface area contributed by atoms with Gasteiger partial charge in [-0.05, 0) is 83.0 Å². The molecule has 0 aromatic carbocycles. The average molecular weight is 283 g/mol. The molecule has 2 nitrogen and oxygen atoms in total. The normalized spacial score (nSPS) is 23.6. The third-order valence-corrected chi connectivity index (χ3v) is 4.90. The van der Waals surface area contributed by atoms with Crippen LogP contribution in [0.5, 0.6) is 0 Å². The van der Waals surface area contributed by atoms with Crippen molar-refractivity contribution in [2.45, 2.75) is 79.2 Å². The Morgan fingerprint density at radius 1 is 1.20 bits per heavy atom. The van der Waals surface area contributed by atoms with Crippen molar-refractivity contribution in [2.75, 3.05) is 26.2 Å². The third kappa shape index (κ3) is 7.08. The lowest BCUT2D eigenvalue weighted by Crippen LogP contribution is -2.30. The SMILES string of the molecule is CCCNC(C)CCCN1CCCC(C(C)(C)C)CC1. The fourth-order valence-electron chi connectivity index (χ4n) is 3.36. The summed E-state index contributed by atoms with van der Waals surface area (Å²) in [5, 5.41) is 3.59. The zero-order chi connectivity index (χ0) is 15.0. The monoisotopic (exact) mass is 282 g/mol. The lowest BCUT2D eigenvalue weighted by atomic mass is 9.77. The quantitative estimate of drug-likeness (QED) is 0.749. The van der Waals surface area contributed by atoms with Crippen molar-refractivity contribution >= 4 is 0 Å². The zero-order valence-corrected chi connectivity index (χ0v) is 14.7. The summed E-state index contributed by atoms with van der Waals surface area (Å²) < 4.78 is 0. The molecule has 20 heavy (non-hydrogen) atoms. The third-order valence-electron chi connectivity index (χ3n) is 4.90. The Morgan fingerprint density at radius 3 is 2.60 bits per heavy atom. The second kappa shape index (κ2) is 9.04. The highest BCUT2D eigenvalue weighted by Gasteiger charge is 2.26. The largest absolute Gasteiger partial charge is 0.314 e. The summed E-state index contributed by atoms with van der Waals surface area (Å²) in [6.07, 6.45) is 8.12. The fraction of sp³-hybridized carbons (Fsp3) is 1.00. The Labute approximate surface area is 127 Å². The second-order valence-corrected chi connectivity index (χ2v) is 7.83. The smallest absolute Gasteiger partial charge is 0.00391 e. The van der Waals surface area contributed by atoms with E-state index in [2.05, 4.69) is 44.8 Å². The summed E-state index contributed by atoms with van der Waals surface area (Å²) in [6, 6.07) is 0.684. The van der Waals surface area contributed by atoms with Crippen LogP contribution in [0.2, 0.25) is 0 Å². The molecule has 0 aliphatic carbocycles. The van der Waals surface area contributed by atoms with Gasteiger partial charge in [-0.25, -0.2) is 0 Å².